The zero-order valence-corrected chi connectivity index (χ0v) is 10.4. The number of nitro benzene ring substituents is 1. The van der Waals surface area contributed by atoms with Crippen LogP contribution in [0, 0.1) is 10.1 Å². The number of methoxy groups -OCH3 is 1. The molecule has 0 saturated heterocycles. The lowest BCUT2D eigenvalue weighted by Crippen LogP contribution is -2.05. The molecular formula is C12H14N2O4. The minimum Gasteiger partial charge on any atom is -0.465 e. The second-order valence-electron chi connectivity index (χ2n) is 3.80. The largest absolute Gasteiger partial charge is 0.465 e. The Morgan fingerprint density at radius 3 is 2.61 bits per heavy atom. The molecule has 0 N–H and O–H groups in total. The first-order chi connectivity index (χ1) is 8.45. The molecule has 1 aromatic carbocycles. The normalized spacial score (nSPS) is 10.4. The van der Waals surface area contributed by atoms with Gasteiger partial charge in [-0.2, -0.15) is 0 Å². The van der Waals surface area contributed by atoms with Crippen molar-refractivity contribution in [3.8, 4) is 0 Å². The van der Waals surface area contributed by atoms with Crippen molar-refractivity contribution >= 4 is 17.7 Å². The maximum atomic E-state index is 11.6. The molecule has 0 amide bonds. The third-order valence-electron chi connectivity index (χ3n) is 2.21. The van der Waals surface area contributed by atoms with Crippen molar-refractivity contribution < 1.29 is 14.5 Å². The predicted molar refractivity (Wildman–Crippen MR) is 67.2 cm³/mol. The highest BCUT2D eigenvalue weighted by Gasteiger charge is 2.15. The van der Waals surface area contributed by atoms with E-state index in [1.165, 1.54) is 25.3 Å². The summed E-state index contributed by atoms with van der Waals surface area (Å²) >= 11 is 0. The molecule has 6 nitrogen and oxygen atoms in total. The van der Waals surface area contributed by atoms with Gasteiger partial charge in [0.1, 0.15) is 0 Å². The Kier molecular flexibility index (Phi) is 4.42. The molecule has 0 saturated carbocycles. The molecular weight excluding hydrogens is 236 g/mol. The van der Waals surface area contributed by atoms with Gasteiger partial charge in [0.15, 0.2) is 0 Å². The Morgan fingerprint density at radius 2 is 2.11 bits per heavy atom. The maximum Gasteiger partial charge on any atom is 0.338 e. The molecule has 0 aliphatic heterocycles. The summed E-state index contributed by atoms with van der Waals surface area (Å²) in [7, 11) is 4.90. The van der Waals surface area contributed by atoms with Crippen molar-refractivity contribution in [2.45, 2.75) is 0 Å². The lowest BCUT2D eigenvalue weighted by molar-refractivity contribution is -0.384. The van der Waals surface area contributed by atoms with Gasteiger partial charge in [0.05, 0.1) is 17.6 Å². The number of rotatable bonds is 4. The summed E-state index contributed by atoms with van der Waals surface area (Å²) < 4.78 is 4.61. The van der Waals surface area contributed by atoms with Crippen LogP contribution in [0.2, 0.25) is 0 Å². The van der Waals surface area contributed by atoms with Gasteiger partial charge in [-0.05, 0) is 23.9 Å². The Labute approximate surface area is 105 Å². The first kappa shape index (κ1) is 13.7. The number of nitrogens with zero attached hydrogens (tertiary/aromatic N) is 2. The highest BCUT2D eigenvalue weighted by Crippen LogP contribution is 2.20. The second kappa shape index (κ2) is 5.81. The first-order valence-electron chi connectivity index (χ1n) is 5.17. The van der Waals surface area contributed by atoms with E-state index in [2.05, 4.69) is 4.74 Å². The van der Waals surface area contributed by atoms with Gasteiger partial charge < -0.3 is 9.64 Å². The lowest BCUT2D eigenvalue weighted by atomic mass is 10.1. The number of carbonyl (C=O) groups excluding carboxylic acids is 1. The van der Waals surface area contributed by atoms with Gasteiger partial charge in [0, 0.05) is 26.2 Å². The minimum absolute atomic E-state index is 0.141. The van der Waals surface area contributed by atoms with Crippen molar-refractivity contribution in [1.29, 1.82) is 0 Å². The van der Waals surface area contributed by atoms with Crippen molar-refractivity contribution in [3.05, 3.63) is 45.6 Å². The van der Waals surface area contributed by atoms with E-state index in [0.29, 0.717) is 5.56 Å². The molecule has 0 radical (unpaired) electrons. The van der Waals surface area contributed by atoms with Crippen molar-refractivity contribution in [1.82, 2.24) is 4.90 Å². The van der Waals surface area contributed by atoms with E-state index in [1.807, 2.05) is 14.1 Å². The average molecular weight is 250 g/mol. The molecule has 0 heterocycles. The van der Waals surface area contributed by atoms with E-state index < -0.39 is 10.9 Å². The van der Waals surface area contributed by atoms with Gasteiger partial charge in [-0.25, -0.2) is 4.79 Å². The fraction of sp³-hybridized carbons (Fsp3) is 0.250. The molecule has 0 unspecified atom stereocenters. The Balaban J connectivity index is 3.25. The van der Waals surface area contributed by atoms with Crippen LogP contribution in [0.4, 0.5) is 5.69 Å². The first-order valence-corrected chi connectivity index (χ1v) is 5.17. The van der Waals surface area contributed by atoms with Gasteiger partial charge in [-0.1, -0.05) is 0 Å². The molecule has 0 spiro atoms. The summed E-state index contributed by atoms with van der Waals surface area (Å²) in [5, 5.41) is 10.7. The molecule has 6 heteroatoms. The Hall–Kier alpha value is -2.37. The number of nitro groups is 1. The van der Waals surface area contributed by atoms with E-state index in [9.17, 15) is 14.9 Å². The fourth-order valence-corrected chi connectivity index (χ4v) is 1.32. The van der Waals surface area contributed by atoms with Crippen LogP contribution in [0.15, 0.2) is 24.4 Å². The Morgan fingerprint density at radius 1 is 1.44 bits per heavy atom. The predicted octanol–water partition coefficient (Wildman–Crippen LogP) is 1.91. The number of esters is 1. The van der Waals surface area contributed by atoms with E-state index >= 15 is 0 Å². The van der Waals surface area contributed by atoms with Crippen LogP contribution in [0.3, 0.4) is 0 Å². The topological polar surface area (TPSA) is 72.7 Å². The zero-order chi connectivity index (χ0) is 13.7. The molecule has 0 fully saturated rings. The van der Waals surface area contributed by atoms with E-state index in [4.69, 9.17) is 0 Å². The summed E-state index contributed by atoms with van der Waals surface area (Å²) in [5.41, 5.74) is 0.600. The smallest absolute Gasteiger partial charge is 0.338 e. The molecule has 1 aromatic rings. The van der Waals surface area contributed by atoms with Crippen LogP contribution in [-0.4, -0.2) is 37.0 Å². The average Bonchev–Trinajstić information content (AvgIpc) is 2.34. The molecule has 96 valence electrons. The van der Waals surface area contributed by atoms with Gasteiger partial charge in [0.25, 0.3) is 5.69 Å². The van der Waals surface area contributed by atoms with Crippen molar-refractivity contribution in [3.63, 3.8) is 0 Å². The molecule has 18 heavy (non-hydrogen) atoms. The summed E-state index contributed by atoms with van der Waals surface area (Å²) in [6.45, 7) is 0. The number of non-ortho nitro benzene ring substituents is 1. The van der Waals surface area contributed by atoms with Crippen LogP contribution >= 0.6 is 0 Å². The third kappa shape index (κ3) is 3.31. The van der Waals surface area contributed by atoms with Crippen molar-refractivity contribution in [2.75, 3.05) is 21.2 Å². The summed E-state index contributed by atoms with van der Waals surface area (Å²) in [4.78, 5) is 23.5. The molecule has 1 rings (SSSR count). The van der Waals surface area contributed by atoms with Gasteiger partial charge in [0.2, 0.25) is 0 Å². The molecule has 0 aromatic heterocycles. The maximum absolute atomic E-state index is 11.6. The third-order valence-corrected chi connectivity index (χ3v) is 2.21. The quantitative estimate of drug-likeness (QED) is 0.463. The van der Waals surface area contributed by atoms with Crippen LogP contribution in [-0.2, 0) is 4.74 Å². The summed E-state index contributed by atoms with van der Waals surface area (Å²) in [6, 6.07) is 4.08. The molecule has 0 aliphatic rings. The van der Waals surface area contributed by atoms with Gasteiger partial charge in [-0.3, -0.25) is 10.1 Å². The van der Waals surface area contributed by atoms with E-state index in [0.717, 1.165) is 0 Å². The highest BCUT2D eigenvalue weighted by atomic mass is 16.6. The van der Waals surface area contributed by atoms with Crippen LogP contribution in [0.5, 0.6) is 0 Å². The molecule has 0 bridgehead atoms. The fourth-order valence-electron chi connectivity index (χ4n) is 1.32. The summed E-state index contributed by atoms with van der Waals surface area (Å²) in [5.74, 6) is -0.600. The minimum atomic E-state index is -0.600. The van der Waals surface area contributed by atoms with Gasteiger partial charge in [-0.15, -0.1) is 0 Å². The van der Waals surface area contributed by atoms with Crippen LogP contribution in [0.1, 0.15) is 15.9 Å². The number of hydrogen-bond acceptors (Lipinski definition) is 5. The SMILES string of the molecule is COC(=O)c1cc([N+](=O)[O-])ccc1C=CN(C)C. The standard InChI is InChI=1S/C12H14N2O4/c1-13(2)7-6-9-4-5-10(14(16)17)8-11(9)12(15)18-3/h4-8H,1-3H3. The van der Waals surface area contributed by atoms with Crippen molar-refractivity contribution in [2.24, 2.45) is 0 Å². The van der Waals surface area contributed by atoms with E-state index in [-0.39, 0.29) is 11.3 Å². The van der Waals surface area contributed by atoms with Gasteiger partial charge >= 0.3 is 5.97 Å². The molecule has 0 aliphatic carbocycles. The second-order valence-corrected chi connectivity index (χ2v) is 3.80. The number of ether oxygens (including phenoxy) is 1. The monoisotopic (exact) mass is 250 g/mol. The highest BCUT2D eigenvalue weighted by molar-refractivity contribution is 5.94. The Bertz CT molecular complexity index is 495. The molecule has 0 atom stereocenters. The lowest BCUT2D eigenvalue weighted by Gasteiger charge is -2.06. The zero-order valence-electron chi connectivity index (χ0n) is 10.4. The van der Waals surface area contributed by atoms with E-state index in [1.54, 1.807) is 17.2 Å². The summed E-state index contributed by atoms with van der Waals surface area (Å²) in [6.07, 6.45) is 3.43. The number of hydrogen-bond donors (Lipinski definition) is 0. The number of benzene rings is 1. The van der Waals surface area contributed by atoms with Crippen LogP contribution in [0.25, 0.3) is 6.08 Å². The number of carbonyl (C=O) groups is 1. The van der Waals surface area contributed by atoms with Crippen LogP contribution < -0.4 is 0 Å².